The van der Waals surface area contributed by atoms with Crippen LogP contribution in [0.15, 0.2) is 23.3 Å². The first-order chi connectivity index (χ1) is 33.6. The van der Waals surface area contributed by atoms with E-state index in [9.17, 15) is 54.1 Å². The van der Waals surface area contributed by atoms with Crippen molar-refractivity contribution in [3.8, 4) is 0 Å². The van der Waals surface area contributed by atoms with E-state index in [1.165, 1.54) is 27.8 Å². The fourth-order valence-electron chi connectivity index (χ4n) is 9.95. The molecule has 8 N–H and O–H groups in total. The molecule has 4 fully saturated rings. The summed E-state index contributed by atoms with van der Waals surface area (Å²) in [6, 6.07) is -9.45. The number of ether oxygens (including phenoxy) is 2. The van der Waals surface area contributed by atoms with Crippen LogP contribution in [0.5, 0.6) is 0 Å². The minimum absolute atomic E-state index is 0.0672. The van der Waals surface area contributed by atoms with E-state index < -0.39 is 126 Å². The monoisotopic (exact) mass is 1020 g/mol. The van der Waals surface area contributed by atoms with Gasteiger partial charge in [-0.15, -0.1) is 0 Å². The van der Waals surface area contributed by atoms with Crippen LogP contribution in [-0.4, -0.2) is 174 Å². The zero-order chi connectivity index (χ0) is 54.3. The fourth-order valence-corrected chi connectivity index (χ4v) is 9.95. The predicted molar refractivity (Wildman–Crippen MR) is 261 cm³/mol. The predicted octanol–water partition coefficient (Wildman–Crippen LogP) is 1.15. The Labute approximate surface area is 423 Å². The van der Waals surface area contributed by atoms with Gasteiger partial charge in [0.1, 0.15) is 36.3 Å². The van der Waals surface area contributed by atoms with Gasteiger partial charge in [0.05, 0.1) is 12.2 Å². The molecule has 4 aliphatic heterocycles. The Morgan fingerprint density at radius 3 is 2.03 bits per heavy atom. The Hall–Kier alpha value is -4.84. The van der Waals surface area contributed by atoms with Crippen molar-refractivity contribution in [2.45, 2.75) is 200 Å². The molecule has 72 heavy (non-hydrogen) atoms. The molecular weight excluding hydrogens is 937 g/mol. The molecule has 22 nitrogen and oxygen atoms in total. The van der Waals surface area contributed by atoms with E-state index in [0.717, 1.165) is 14.9 Å². The summed E-state index contributed by atoms with van der Waals surface area (Å²) in [5, 5.41) is 54.6. The van der Waals surface area contributed by atoms with Gasteiger partial charge in [0.2, 0.25) is 17.6 Å². The van der Waals surface area contributed by atoms with E-state index in [2.05, 4.69) is 21.5 Å². The molecule has 406 valence electrons. The van der Waals surface area contributed by atoms with Crippen molar-refractivity contribution in [1.82, 2.24) is 41.5 Å². The van der Waals surface area contributed by atoms with E-state index in [1.807, 2.05) is 20.8 Å². The van der Waals surface area contributed by atoms with Gasteiger partial charge in [0, 0.05) is 32.5 Å². The quantitative estimate of drug-likeness (QED) is 0.0589. The van der Waals surface area contributed by atoms with Crippen LogP contribution in [0.2, 0.25) is 0 Å². The molecule has 0 radical (unpaired) electrons. The van der Waals surface area contributed by atoms with Crippen molar-refractivity contribution in [2.75, 3.05) is 20.1 Å². The second-order valence-corrected chi connectivity index (χ2v) is 20.9. The van der Waals surface area contributed by atoms with Crippen LogP contribution in [0.25, 0.3) is 0 Å². The Kier molecular flexibility index (Phi) is 20.7. The number of likely N-dealkylation sites (N-methyl/N-ethyl adjacent to an activating group) is 1. The molecule has 22 heteroatoms. The van der Waals surface area contributed by atoms with Crippen molar-refractivity contribution in [3.05, 3.63) is 23.3 Å². The van der Waals surface area contributed by atoms with Crippen LogP contribution in [0.1, 0.15) is 134 Å². The lowest BCUT2D eigenvalue weighted by molar-refractivity contribution is -0.325. The Balaban J connectivity index is 1.87. The summed E-state index contributed by atoms with van der Waals surface area (Å²) in [5.74, 6) is -11.8. The molecule has 13 atom stereocenters. The van der Waals surface area contributed by atoms with E-state index >= 15 is 4.79 Å². The van der Waals surface area contributed by atoms with Gasteiger partial charge in [-0.1, -0.05) is 60.6 Å². The van der Waals surface area contributed by atoms with Gasteiger partial charge in [-0.25, -0.2) is 20.7 Å². The zero-order valence-electron chi connectivity index (χ0n) is 44.4. The number of carbonyl (C=O) groups is 8. The number of carbonyl (C=O) groups excluding carboxylic acids is 8. The van der Waals surface area contributed by atoms with Gasteiger partial charge in [0.15, 0.2) is 17.4 Å². The molecule has 4 saturated heterocycles. The zero-order valence-corrected chi connectivity index (χ0v) is 44.4. The molecule has 0 aliphatic carbocycles. The van der Waals surface area contributed by atoms with Gasteiger partial charge in [0.25, 0.3) is 23.6 Å². The standard InChI is InChI=1S/C50H82N8O14/c1-14-28(7)39(60)30(9)25-31(10)41-29(8)20-21-50(69,72-41)49(68,15-2)48(67)54-38-40(27(5)6)71-47(66)37(33(12)59)53-42(61)34-18-16-22-51-56(34)44(63)36(24-26(3)4)55(13)43(62)32(11)58(70)45(64)35-19-17-23-52-57(35)46(38)65/h14,25-27,29-30,32-38,40-41,51-52,59,68-70H,15-24H2,1-13H3,(H,53,61)(H,54,67)/b28-14+,31-25+/t29-,30-,32-,33-,34-,35+,36+,37+,38-,40-,41-,49+,50+/m0/s1. The highest BCUT2D eigenvalue weighted by Gasteiger charge is 2.59. The van der Waals surface area contributed by atoms with Crippen molar-refractivity contribution < 1.29 is 68.4 Å². The van der Waals surface area contributed by atoms with Gasteiger partial charge < -0.3 is 40.3 Å². The van der Waals surface area contributed by atoms with Crippen molar-refractivity contribution >= 4 is 47.2 Å². The molecule has 6 amide bonds. The maximum Gasteiger partial charge on any atom is 0.331 e. The largest absolute Gasteiger partial charge is 0.458 e. The molecule has 4 heterocycles. The number of ketones is 1. The normalized spacial score (nSPS) is 32.2. The first-order valence-corrected chi connectivity index (χ1v) is 25.5. The molecule has 4 rings (SSSR count). The Morgan fingerprint density at radius 1 is 0.903 bits per heavy atom. The number of hydroxylamine groups is 2. The molecular formula is C50H82N8O14. The van der Waals surface area contributed by atoms with Crippen molar-refractivity contribution in [1.29, 1.82) is 0 Å². The lowest BCUT2D eigenvalue weighted by Gasteiger charge is -2.49. The number of nitrogens with one attached hydrogen (secondary N) is 4. The number of fused-ring (bicyclic) bond motifs is 2. The van der Waals surface area contributed by atoms with E-state index in [0.29, 0.717) is 17.6 Å². The minimum Gasteiger partial charge on any atom is -0.458 e. The maximum atomic E-state index is 15.3. The lowest BCUT2D eigenvalue weighted by Crippen LogP contribution is -2.71. The van der Waals surface area contributed by atoms with Crippen molar-refractivity contribution in [2.24, 2.45) is 23.7 Å². The Morgan fingerprint density at radius 2 is 1.49 bits per heavy atom. The number of Topliss-reactive ketones (excluding diaryl/α,β-unsaturated/α-hetero) is 1. The van der Waals surface area contributed by atoms with Crippen LogP contribution in [0, 0.1) is 23.7 Å². The van der Waals surface area contributed by atoms with Crippen LogP contribution in [-0.2, 0) is 47.8 Å². The summed E-state index contributed by atoms with van der Waals surface area (Å²) in [7, 11) is 1.33. The van der Waals surface area contributed by atoms with Gasteiger partial charge in [-0.05, 0) is 108 Å². The molecule has 0 aromatic carbocycles. The average molecular weight is 1020 g/mol. The number of esters is 1. The highest BCUT2D eigenvalue weighted by molar-refractivity contribution is 5.98. The van der Waals surface area contributed by atoms with Gasteiger partial charge in [-0.3, -0.25) is 48.8 Å². The lowest BCUT2D eigenvalue weighted by atomic mass is 9.78. The number of amides is 6. The number of nitrogens with zero attached hydrogens (tertiary/aromatic N) is 4. The van der Waals surface area contributed by atoms with Crippen LogP contribution < -0.4 is 21.5 Å². The van der Waals surface area contributed by atoms with Crippen LogP contribution in [0.4, 0.5) is 0 Å². The number of hydrogen-bond acceptors (Lipinski definition) is 16. The molecule has 0 spiro atoms. The highest BCUT2D eigenvalue weighted by atomic mass is 16.7. The van der Waals surface area contributed by atoms with E-state index in [-0.39, 0.29) is 74.3 Å². The van der Waals surface area contributed by atoms with Gasteiger partial charge >= 0.3 is 5.97 Å². The van der Waals surface area contributed by atoms with E-state index in [4.69, 9.17) is 9.47 Å². The third-order valence-electron chi connectivity index (χ3n) is 14.6. The number of rotatable bonds is 12. The summed E-state index contributed by atoms with van der Waals surface area (Å²) >= 11 is 0. The number of aliphatic hydroxyl groups excluding tert-OH is 1. The highest BCUT2D eigenvalue weighted by Crippen LogP contribution is 2.42. The first-order valence-electron chi connectivity index (χ1n) is 25.5. The topological polar surface area (TPSA) is 297 Å². The number of hydrazine groups is 2. The van der Waals surface area contributed by atoms with Crippen LogP contribution in [0.3, 0.4) is 0 Å². The van der Waals surface area contributed by atoms with Crippen molar-refractivity contribution in [3.63, 3.8) is 0 Å². The third kappa shape index (κ3) is 12.9. The average Bonchev–Trinajstić information content (AvgIpc) is 3.35. The molecule has 0 saturated carbocycles. The first kappa shape index (κ1) is 59.7. The third-order valence-corrected chi connectivity index (χ3v) is 14.6. The smallest absolute Gasteiger partial charge is 0.331 e. The number of hydrogen-bond donors (Lipinski definition) is 8. The summed E-state index contributed by atoms with van der Waals surface area (Å²) < 4.78 is 12.3. The molecule has 4 aliphatic rings. The number of allylic oxidation sites excluding steroid dienone is 3. The second kappa shape index (κ2) is 24.9. The van der Waals surface area contributed by atoms with Gasteiger partial charge in [-0.2, -0.15) is 0 Å². The number of aliphatic hydroxyl groups is 3. The molecule has 0 aromatic rings. The molecule has 0 bridgehead atoms. The van der Waals surface area contributed by atoms with Crippen LogP contribution >= 0.6 is 0 Å². The van der Waals surface area contributed by atoms with E-state index in [1.54, 1.807) is 53.7 Å². The summed E-state index contributed by atoms with van der Waals surface area (Å²) in [4.78, 5) is 116. The Bertz CT molecular complexity index is 2080. The maximum absolute atomic E-state index is 15.3. The minimum atomic E-state index is -2.81. The second-order valence-electron chi connectivity index (χ2n) is 20.9. The summed E-state index contributed by atoms with van der Waals surface area (Å²) in [6.45, 7) is 19.7. The SMILES string of the molecule is C/C=C(\C)C(=O)[C@@H](C)/C=C(\C)[C@H]1O[C@@](O)([C@@](O)(CC)C(=O)N[C@@H]2C(=O)N3NCCC[C@@H]3C(=O)N(O)[C@@H](C)C(=O)N(C)[C@H](CC(C)C)C(=O)N3NCCC[C@H]3C(=O)N[C@H]([C@H](C)O)C(=O)O[C@H]2C(C)C)CC[C@@H]1C. The summed E-state index contributed by atoms with van der Waals surface area (Å²) in [5.41, 5.74) is 4.10. The molecule has 0 unspecified atom stereocenters. The number of cyclic esters (lactones) is 1. The molecule has 0 aromatic heterocycles. The summed E-state index contributed by atoms with van der Waals surface area (Å²) in [6.07, 6.45) is -0.440. The fraction of sp³-hybridized carbons (Fsp3) is 0.760.